The van der Waals surface area contributed by atoms with Crippen LogP contribution in [0.3, 0.4) is 0 Å². The zero-order valence-electron chi connectivity index (χ0n) is 10.3. The molecule has 1 aliphatic carbocycles. The minimum atomic E-state index is -0.387. The standard InChI is InChI=1S/C14H18N2O2/c17-13(10-2-3-10)8-16-14(18)11-4-1-9-5-6-15-12(9)7-11/h1,4,7,10,13,15,17H,2-3,5-6,8H2,(H,16,18). The fourth-order valence-corrected chi connectivity index (χ4v) is 2.38. The molecule has 0 aromatic heterocycles. The number of aliphatic hydroxyl groups is 1. The van der Waals surface area contributed by atoms with Gasteiger partial charge in [-0.1, -0.05) is 6.07 Å². The Morgan fingerprint density at radius 1 is 1.50 bits per heavy atom. The molecule has 1 heterocycles. The van der Waals surface area contributed by atoms with Crippen LogP contribution in [0.25, 0.3) is 0 Å². The molecule has 1 amide bonds. The maximum Gasteiger partial charge on any atom is 0.251 e. The first-order chi connectivity index (χ1) is 8.74. The van der Waals surface area contributed by atoms with Crippen LogP contribution in [-0.2, 0) is 6.42 Å². The van der Waals surface area contributed by atoms with E-state index in [4.69, 9.17) is 0 Å². The number of anilines is 1. The Labute approximate surface area is 106 Å². The Bertz CT molecular complexity index is 469. The number of hydrogen-bond donors (Lipinski definition) is 3. The first kappa shape index (κ1) is 11.5. The highest BCUT2D eigenvalue weighted by atomic mass is 16.3. The van der Waals surface area contributed by atoms with E-state index in [-0.39, 0.29) is 12.0 Å². The van der Waals surface area contributed by atoms with E-state index in [0.29, 0.717) is 18.0 Å². The van der Waals surface area contributed by atoms with Crippen LogP contribution < -0.4 is 10.6 Å². The Morgan fingerprint density at radius 2 is 2.33 bits per heavy atom. The van der Waals surface area contributed by atoms with E-state index < -0.39 is 0 Å². The number of carbonyl (C=O) groups is 1. The summed E-state index contributed by atoms with van der Waals surface area (Å²) in [6.07, 6.45) is 2.80. The minimum absolute atomic E-state index is 0.105. The summed E-state index contributed by atoms with van der Waals surface area (Å²) in [5.41, 5.74) is 2.99. The fraction of sp³-hybridized carbons (Fsp3) is 0.500. The van der Waals surface area contributed by atoms with Crippen LogP contribution in [-0.4, -0.2) is 30.2 Å². The number of aliphatic hydroxyl groups excluding tert-OH is 1. The van der Waals surface area contributed by atoms with Crippen LogP contribution in [0.2, 0.25) is 0 Å². The highest BCUT2D eigenvalue weighted by Gasteiger charge is 2.29. The Balaban J connectivity index is 1.61. The number of fused-ring (bicyclic) bond motifs is 1. The van der Waals surface area contributed by atoms with Crippen LogP contribution in [0.15, 0.2) is 18.2 Å². The topological polar surface area (TPSA) is 61.4 Å². The van der Waals surface area contributed by atoms with Gasteiger partial charge in [-0.2, -0.15) is 0 Å². The van der Waals surface area contributed by atoms with Gasteiger partial charge in [-0.25, -0.2) is 0 Å². The lowest BCUT2D eigenvalue weighted by molar-refractivity contribution is 0.0901. The molecule has 2 aliphatic rings. The summed E-state index contributed by atoms with van der Waals surface area (Å²) in [5, 5.41) is 15.8. The molecule has 0 radical (unpaired) electrons. The second-order valence-corrected chi connectivity index (χ2v) is 5.16. The Kier molecular flexibility index (Phi) is 2.96. The molecule has 0 saturated heterocycles. The summed E-state index contributed by atoms with van der Waals surface area (Å²) < 4.78 is 0. The highest BCUT2D eigenvalue weighted by molar-refractivity contribution is 5.95. The van der Waals surface area contributed by atoms with Crippen molar-refractivity contribution in [2.75, 3.05) is 18.4 Å². The average molecular weight is 246 g/mol. The highest BCUT2D eigenvalue weighted by Crippen LogP contribution is 2.32. The van der Waals surface area contributed by atoms with E-state index in [1.54, 1.807) is 0 Å². The zero-order valence-corrected chi connectivity index (χ0v) is 10.3. The molecule has 1 aromatic carbocycles. The van der Waals surface area contributed by atoms with E-state index in [1.165, 1.54) is 5.56 Å². The maximum absolute atomic E-state index is 11.9. The second kappa shape index (κ2) is 4.61. The van der Waals surface area contributed by atoms with Gasteiger partial charge in [0.15, 0.2) is 0 Å². The quantitative estimate of drug-likeness (QED) is 0.747. The van der Waals surface area contributed by atoms with E-state index in [1.807, 2.05) is 18.2 Å². The summed E-state index contributed by atoms with van der Waals surface area (Å²) >= 11 is 0. The van der Waals surface area contributed by atoms with Gasteiger partial charge in [0.05, 0.1) is 6.10 Å². The fourth-order valence-electron chi connectivity index (χ4n) is 2.38. The summed E-state index contributed by atoms with van der Waals surface area (Å²) in [6.45, 7) is 1.30. The summed E-state index contributed by atoms with van der Waals surface area (Å²) in [6, 6.07) is 5.74. The summed E-state index contributed by atoms with van der Waals surface area (Å²) in [7, 11) is 0. The molecular weight excluding hydrogens is 228 g/mol. The van der Waals surface area contributed by atoms with Crippen LogP contribution in [0, 0.1) is 5.92 Å². The molecule has 1 atom stereocenters. The number of rotatable bonds is 4. The van der Waals surface area contributed by atoms with Gasteiger partial charge in [-0.05, 0) is 42.9 Å². The SMILES string of the molecule is O=C(NCC(O)C1CC1)c1ccc2c(c1)NCC2. The third-order valence-corrected chi connectivity index (χ3v) is 3.72. The lowest BCUT2D eigenvalue weighted by atomic mass is 10.1. The van der Waals surface area contributed by atoms with Crippen molar-refractivity contribution in [3.8, 4) is 0 Å². The molecule has 96 valence electrons. The van der Waals surface area contributed by atoms with Crippen LogP contribution in [0.5, 0.6) is 0 Å². The summed E-state index contributed by atoms with van der Waals surface area (Å²) in [5.74, 6) is 0.290. The number of benzene rings is 1. The number of nitrogens with one attached hydrogen (secondary N) is 2. The first-order valence-corrected chi connectivity index (χ1v) is 6.57. The van der Waals surface area contributed by atoms with Gasteiger partial charge in [0.1, 0.15) is 0 Å². The molecule has 1 aliphatic heterocycles. The average Bonchev–Trinajstić information content (AvgIpc) is 3.13. The van der Waals surface area contributed by atoms with Gasteiger partial charge < -0.3 is 15.7 Å². The predicted molar refractivity (Wildman–Crippen MR) is 69.7 cm³/mol. The molecule has 0 spiro atoms. The van der Waals surface area contributed by atoms with E-state index in [0.717, 1.165) is 31.5 Å². The smallest absolute Gasteiger partial charge is 0.251 e. The largest absolute Gasteiger partial charge is 0.391 e. The molecular formula is C14H18N2O2. The van der Waals surface area contributed by atoms with Crippen molar-refractivity contribution in [3.63, 3.8) is 0 Å². The molecule has 1 unspecified atom stereocenters. The summed E-state index contributed by atoms with van der Waals surface area (Å²) in [4.78, 5) is 11.9. The lowest BCUT2D eigenvalue weighted by Crippen LogP contribution is -2.33. The maximum atomic E-state index is 11.9. The number of carbonyl (C=O) groups excluding carboxylic acids is 1. The van der Waals surface area contributed by atoms with Crippen LogP contribution in [0.4, 0.5) is 5.69 Å². The molecule has 1 aromatic rings. The minimum Gasteiger partial charge on any atom is -0.391 e. The molecule has 1 saturated carbocycles. The Hall–Kier alpha value is -1.55. The van der Waals surface area contributed by atoms with Gasteiger partial charge in [-0.15, -0.1) is 0 Å². The Morgan fingerprint density at radius 3 is 3.11 bits per heavy atom. The third-order valence-electron chi connectivity index (χ3n) is 3.72. The molecule has 1 fully saturated rings. The zero-order chi connectivity index (χ0) is 12.5. The first-order valence-electron chi connectivity index (χ1n) is 6.57. The lowest BCUT2D eigenvalue weighted by Gasteiger charge is -2.11. The third kappa shape index (κ3) is 2.34. The van der Waals surface area contributed by atoms with Gasteiger partial charge in [0, 0.05) is 24.3 Å². The van der Waals surface area contributed by atoms with Crippen molar-refractivity contribution in [2.24, 2.45) is 5.92 Å². The number of amides is 1. The van der Waals surface area contributed by atoms with Crippen molar-refractivity contribution < 1.29 is 9.90 Å². The normalized spacial score (nSPS) is 18.9. The van der Waals surface area contributed by atoms with Crippen LogP contribution >= 0.6 is 0 Å². The van der Waals surface area contributed by atoms with Crippen molar-refractivity contribution in [3.05, 3.63) is 29.3 Å². The number of hydrogen-bond acceptors (Lipinski definition) is 3. The van der Waals surface area contributed by atoms with Crippen molar-refractivity contribution in [2.45, 2.75) is 25.4 Å². The van der Waals surface area contributed by atoms with Crippen molar-refractivity contribution >= 4 is 11.6 Å². The molecule has 18 heavy (non-hydrogen) atoms. The van der Waals surface area contributed by atoms with Crippen molar-refractivity contribution in [1.82, 2.24) is 5.32 Å². The molecule has 3 N–H and O–H groups in total. The molecule has 3 rings (SSSR count). The van der Waals surface area contributed by atoms with Crippen LogP contribution in [0.1, 0.15) is 28.8 Å². The van der Waals surface area contributed by atoms with E-state index in [9.17, 15) is 9.90 Å². The monoisotopic (exact) mass is 246 g/mol. The molecule has 4 nitrogen and oxygen atoms in total. The molecule has 4 heteroatoms. The second-order valence-electron chi connectivity index (χ2n) is 5.16. The van der Waals surface area contributed by atoms with Gasteiger partial charge in [0.2, 0.25) is 0 Å². The molecule has 0 bridgehead atoms. The van der Waals surface area contributed by atoms with Crippen molar-refractivity contribution in [1.29, 1.82) is 0 Å². The van der Waals surface area contributed by atoms with Gasteiger partial charge >= 0.3 is 0 Å². The van der Waals surface area contributed by atoms with E-state index in [2.05, 4.69) is 10.6 Å². The van der Waals surface area contributed by atoms with Gasteiger partial charge in [-0.3, -0.25) is 4.79 Å². The van der Waals surface area contributed by atoms with E-state index >= 15 is 0 Å². The van der Waals surface area contributed by atoms with Gasteiger partial charge in [0.25, 0.3) is 5.91 Å². The predicted octanol–water partition coefficient (Wildman–Crippen LogP) is 1.16.